The molecule has 27 heavy (non-hydrogen) atoms. The van der Waals surface area contributed by atoms with Gasteiger partial charge in [-0.05, 0) is 42.0 Å². The molecule has 0 spiro atoms. The van der Waals surface area contributed by atoms with Crippen LogP contribution in [0.25, 0.3) is 0 Å². The smallest absolute Gasteiger partial charge is 0.293 e. The number of halogens is 1. The molecule has 1 amide bonds. The van der Waals surface area contributed by atoms with Crippen molar-refractivity contribution in [2.75, 3.05) is 5.32 Å². The van der Waals surface area contributed by atoms with Crippen molar-refractivity contribution in [2.24, 2.45) is 0 Å². The predicted octanol–water partition coefficient (Wildman–Crippen LogP) is 3.19. The van der Waals surface area contributed by atoms with Gasteiger partial charge in [0.05, 0.1) is 6.42 Å². The average Bonchev–Trinajstić information content (AvgIpc) is 3.13. The summed E-state index contributed by atoms with van der Waals surface area (Å²) in [5, 5.41) is 2.33. The summed E-state index contributed by atoms with van der Waals surface area (Å²) >= 11 is 0. The van der Waals surface area contributed by atoms with Crippen LogP contribution in [0.2, 0.25) is 0 Å². The lowest BCUT2D eigenvalue weighted by Gasteiger charge is -2.02. The van der Waals surface area contributed by atoms with E-state index in [1.807, 2.05) is 0 Å². The van der Waals surface area contributed by atoms with Gasteiger partial charge < -0.3 is 9.73 Å². The van der Waals surface area contributed by atoms with Crippen LogP contribution in [0, 0.1) is 5.82 Å². The van der Waals surface area contributed by atoms with Crippen LogP contribution in [0.4, 0.5) is 10.2 Å². The monoisotopic (exact) mass is 366 g/mol. The molecule has 2 heterocycles. The minimum absolute atomic E-state index is 0.00824. The van der Waals surface area contributed by atoms with E-state index in [4.69, 9.17) is 4.42 Å². The van der Waals surface area contributed by atoms with Crippen LogP contribution in [0.15, 0.2) is 65.2 Å². The molecule has 3 rings (SSSR count). The first-order chi connectivity index (χ1) is 13.0. The van der Waals surface area contributed by atoms with Crippen LogP contribution in [0.3, 0.4) is 0 Å². The van der Waals surface area contributed by atoms with E-state index in [1.165, 1.54) is 30.5 Å². The van der Waals surface area contributed by atoms with Gasteiger partial charge in [0.15, 0.2) is 5.76 Å². The topological polar surface area (TPSA) is 89.3 Å². The third-order valence-electron chi connectivity index (χ3n) is 3.71. The quantitative estimate of drug-likeness (QED) is 0.394. The Morgan fingerprint density at radius 3 is 2.48 bits per heavy atom. The second-order valence-corrected chi connectivity index (χ2v) is 5.76. The van der Waals surface area contributed by atoms with E-state index in [0.29, 0.717) is 12.2 Å². The number of aromatic nitrogens is 1. The number of rotatable bonds is 7. The molecule has 0 aliphatic carbocycles. The number of pyridine rings is 1. The number of benzene rings is 1. The Hall–Kier alpha value is -3.61. The number of furan rings is 1. The van der Waals surface area contributed by atoms with Crippen LogP contribution in [0.1, 0.15) is 28.3 Å². The molecule has 0 saturated carbocycles. The molecule has 0 radical (unpaired) electrons. The Balaban J connectivity index is 1.57. The molecule has 0 aliphatic heterocycles. The molecule has 7 heteroatoms. The highest BCUT2D eigenvalue weighted by molar-refractivity contribution is 6.43. The lowest BCUT2D eigenvalue weighted by molar-refractivity contribution is -0.134. The number of carbonyl (C=O) groups excluding carboxylic acids is 3. The molecule has 0 unspecified atom stereocenters. The Morgan fingerprint density at radius 2 is 1.78 bits per heavy atom. The third kappa shape index (κ3) is 4.94. The zero-order valence-electron chi connectivity index (χ0n) is 14.1. The standard InChI is InChI=1S/C20H15FN2O4/c21-14-6-4-13(5-7-14)11-15-8-9-18(27-15)16(24)12-17(25)20(26)23-19-3-1-2-10-22-19/h1-10H,11-12H2,(H,22,23,26). The molecular formula is C20H15FN2O4. The predicted molar refractivity (Wildman–Crippen MR) is 94.7 cm³/mol. The summed E-state index contributed by atoms with van der Waals surface area (Å²) in [5.41, 5.74) is 0.815. The van der Waals surface area contributed by atoms with Crippen molar-refractivity contribution in [3.05, 3.63) is 83.7 Å². The lowest BCUT2D eigenvalue weighted by Crippen LogP contribution is -2.25. The number of hydrogen-bond donors (Lipinski definition) is 1. The van der Waals surface area contributed by atoms with Gasteiger partial charge in [-0.1, -0.05) is 18.2 Å². The molecule has 136 valence electrons. The second-order valence-electron chi connectivity index (χ2n) is 5.76. The molecule has 1 aromatic carbocycles. The van der Waals surface area contributed by atoms with E-state index in [-0.39, 0.29) is 17.4 Å². The molecule has 3 aromatic rings. The fourth-order valence-electron chi connectivity index (χ4n) is 2.36. The van der Waals surface area contributed by atoms with Crippen LogP contribution >= 0.6 is 0 Å². The highest BCUT2D eigenvalue weighted by Crippen LogP contribution is 2.15. The van der Waals surface area contributed by atoms with Gasteiger partial charge in [-0.25, -0.2) is 9.37 Å². The van der Waals surface area contributed by atoms with Crippen molar-refractivity contribution in [1.82, 2.24) is 4.98 Å². The fraction of sp³-hybridized carbons (Fsp3) is 0.100. The fourth-order valence-corrected chi connectivity index (χ4v) is 2.36. The Kier molecular flexibility index (Phi) is 5.51. The third-order valence-corrected chi connectivity index (χ3v) is 3.71. The van der Waals surface area contributed by atoms with Gasteiger partial charge in [0.2, 0.25) is 11.6 Å². The second kappa shape index (κ2) is 8.18. The summed E-state index contributed by atoms with van der Waals surface area (Å²) in [5.74, 6) is -2.02. The maximum absolute atomic E-state index is 12.9. The Labute approximate surface area is 154 Å². The van der Waals surface area contributed by atoms with Crippen molar-refractivity contribution >= 4 is 23.3 Å². The van der Waals surface area contributed by atoms with Gasteiger partial charge in [-0.2, -0.15) is 0 Å². The summed E-state index contributed by atoms with van der Waals surface area (Å²) in [6, 6.07) is 13.8. The first-order valence-electron chi connectivity index (χ1n) is 8.13. The van der Waals surface area contributed by atoms with Crippen LogP contribution < -0.4 is 5.32 Å². The molecule has 2 aromatic heterocycles. The van der Waals surface area contributed by atoms with Crippen LogP contribution in [-0.4, -0.2) is 22.5 Å². The molecule has 6 nitrogen and oxygen atoms in total. The molecule has 0 bridgehead atoms. The van der Waals surface area contributed by atoms with Crippen LogP contribution in [0.5, 0.6) is 0 Å². The van der Waals surface area contributed by atoms with E-state index in [0.717, 1.165) is 5.56 Å². The maximum Gasteiger partial charge on any atom is 0.293 e. The van der Waals surface area contributed by atoms with Gasteiger partial charge in [0, 0.05) is 12.6 Å². The minimum atomic E-state index is -0.917. The number of carbonyl (C=O) groups is 3. The zero-order valence-corrected chi connectivity index (χ0v) is 14.1. The molecule has 0 saturated heterocycles. The largest absolute Gasteiger partial charge is 0.458 e. The number of nitrogens with zero attached hydrogens (tertiary/aromatic N) is 1. The van der Waals surface area contributed by atoms with Crippen molar-refractivity contribution in [3.8, 4) is 0 Å². The summed E-state index contributed by atoms with van der Waals surface area (Å²) in [4.78, 5) is 39.8. The summed E-state index contributed by atoms with van der Waals surface area (Å²) in [7, 11) is 0. The van der Waals surface area contributed by atoms with E-state index >= 15 is 0 Å². The highest BCUT2D eigenvalue weighted by atomic mass is 19.1. The number of nitrogens with one attached hydrogen (secondary N) is 1. The maximum atomic E-state index is 12.9. The SMILES string of the molecule is O=C(CC(=O)c1ccc(Cc2ccc(F)cc2)o1)C(=O)Nc1ccccn1. The summed E-state index contributed by atoms with van der Waals surface area (Å²) < 4.78 is 18.4. The van der Waals surface area contributed by atoms with E-state index < -0.39 is 23.9 Å². The molecule has 1 N–H and O–H groups in total. The summed E-state index contributed by atoms with van der Waals surface area (Å²) in [6.45, 7) is 0. The molecule has 0 atom stereocenters. The van der Waals surface area contributed by atoms with Gasteiger partial charge in [0.25, 0.3) is 5.91 Å². The van der Waals surface area contributed by atoms with Gasteiger partial charge in [0.1, 0.15) is 17.4 Å². The van der Waals surface area contributed by atoms with Crippen molar-refractivity contribution in [2.45, 2.75) is 12.8 Å². The Morgan fingerprint density at radius 1 is 1.00 bits per heavy atom. The van der Waals surface area contributed by atoms with Crippen molar-refractivity contribution < 1.29 is 23.2 Å². The highest BCUT2D eigenvalue weighted by Gasteiger charge is 2.21. The van der Waals surface area contributed by atoms with Crippen molar-refractivity contribution in [1.29, 1.82) is 0 Å². The van der Waals surface area contributed by atoms with Gasteiger partial charge >= 0.3 is 0 Å². The molecule has 0 fully saturated rings. The first-order valence-corrected chi connectivity index (χ1v) is 8.13. The van der Waals surface area contributed by atoms with E-state index in [2.05, 4.69) is 10.3 Å². The number of ketones is 2. The molecule has 0 aliphatic rings. The van der Waals surface area contributed by atoms with Crippen molar-refractivity contribution in [3.63, 3.8) is 0 Å². The van der Waals surface area contributed by atoms with E-state index in [9.17, 15) is 18.8 Å². The number of hydrogen-bond acceptors (Lipinski definition) is 5. The van der Waals surface area contributed by atoms with Crippen LogP contribution in [-0.2, 0) is 16.0 Å². The lowest BCUT2D eigenvalue weighted by atomic mass is 10.1. The van der Waals surface area contributed by atoms with E-state index in [1.54, 1.807) is 30.3 Å². The number of Topliss-reactive ketones (excluding diaryl/α,β-unsaturated/α-hetero) is 2. The number of amides is 1. The normalized spacial score (nSPS) is 10.4. The minimum Gasteiger partial charge on any atom is -0.458 e. The summed E-state index contributed by atoms with van der Waals surface area (Å²) in [6.07, 6.45) is 1.24. The number of anilines is 1. The Bertz CT molecular complexity index is 965. The zero-order chi connectivity index (χ0) is 19.2. The average molecular weight is 366 g/mol. The van der Waals surface area contributed by atoms with Gasteiger partial charge in [-0.3, -0.25) is 14.4 Å². The molecular weight excluding hydrogens is 351 g/mol. The first kappa shape index (κ1) is 18.2. The van der Waals surface area contributed by atoms with Gasteiger partial charge in [-0.15, -0.1) is 0 Å².